The first-order valence-electron chi connectivity index (χ1n) is 13.6. The van der Waals surface area contributed by atoms with Gasteiger partial charge in [-0.1, -0.05) is 22.6 Å². The van der Waals surface area contributed by atoms with Gasteiger partial charge in [0.1, 0.15) is 5.69 Å². The van der Waals surface area contributed by atoms with E-state index < -0.39 is 17.6 Å². The Balaban J connectivity index is 1.35. The van der Waals surface area contributed by atoms with Crippen LogP contribution in [-0.4, -0.2) is 70.9 Å². The van der Waals surface area contributed by atoms with Gasteiger partial charge in [0.15, 0.2) is 5.13 Å². The highest BCUT2D eigenvalue weighted by Crippen LogP contribution is 2.35. The monoisotopic (exact) mass is 612 g/mol. The largest absolute Gasteiger partial charge is 0.416 e. The standard InChI is InChI=1S/C29H31F3N8O2S/c1-17-5-6-19(27(42)34-21-12-20(29(30,31)32)13-22(14-21)39(4)10-9-38(2)3)11-24(17)40-16-23(36-37-40)25-15-33-28(43-25)35-26(41)18-7-8-18/h5-6,11-16,18H,7-10H2,1-4H3,(H,34,42)(H,33,35,41). The molecule has 0 aliphatic heterocycles. The molecule has 0 saturated heterocycles. The SMILES string of the molecule is Cc1ccc(C(=O)Nc2cc(N(C)CCN(C)C)cc(C(F)(F)F)c2)cc1-n1cc(-c2cnc(NC(=O)C3CC3)s2)nn1. The van der Waals surface area contributed by atoms with E-state index in [0.717, 1.165) is 30.5 Å². The van der Waals surface area contributed by atoms with Gasteiger partial charge in [0.2, 0.25) is 5.91 Å². The molecule has 10 nitrogen and oxygen atoms in total. The van der Waals surface area contributed by atoms with Crippen molar-refractivity contribution in [3.63, 3.8) is 0 Å². The molecule has 2 aromatic heterocycles. The van der Waals surface area contributed by atoms with Crippen molar-refractivity contribution in [2.75, 3.05) is 49.8 Å². The summed E-state index contributed by atoms with van der Waals surface area (Å²) in [5.41, 5.74) is 1.67. The van der Waals surface area contributed by atoms with Gasteiger partial charge in [0, 0.05) is 49.2 Å². The van der Waals surface area contributed by atoms with Gasteiger partial charge in [-0.25, -0.2) is 9.67 Å². The summed E-state index contributed by atoms with van der Waals surface area (Å²) in [5.74, 6) is -0.542. The van der Waals surface area contributed by atoms with Gasteiger partial charge in [0.05, 0.1) is 22.3 Å². The molecule has 1 aliphatic rings. The first-order valence-corrected chi connectivity index (χ1v) is 14.4. The number of aromatic nitrogens is 4. The molecule has 14 heteroatoms. The molecule has 2 amide bonds. The third-order valence-electron chi connectivity index (χ3n) is 6.97. The average molecular weight is 613 g/mol. The van der Waals surface area contributed by atoms with Crippen LogP contribution in [0.1, 0.15) is 34.3 Å². The lowest BCUT2D eigenvalue weighted by molar-refractivity contribution is -0.137. The summed E-state index contributed by atoms with van der Waals surface area (Å²) < 4.78 is 42.6. The maximum atomic E-state index is 13.7. The number of likely N-dealkylation sites (N-methyl/N-ethyl adjacent to an activating group) is 2. The Kier molecular flexibility index (Phi) is 8.51. The minimum absolute atomic E-state index is 0.0338. The fraction of sp³-hybridized carbons (Fsp3) is 0.345. The molecule has 0 atom stereocenters. The van der Waals surface area contributed by atoms with Crippen LogP contribution < -0.4 is 15.5 Å². The maximum Gasteiger partial charge on any atom is 0.416 e. The molecule has 1 aliphatic carbocycles. The number of anilines is 3. The Labute approximate surface area is 250 Å². The van der Waals surface area contributed by atoms with Crippen LogP contribution in [0.25, 0.3) is 16.3 Å². The van der Waals surface area contributed by atoms with E-state index in [9.17, 15) is 22.8 Å². The minimum Gasteiger partial charge on any atom is -0.373 e. The zero-order valence-corrected chi connectivity index (χ0v) is 24.9. The Morgan fingerprint density at radius 1 is 1.07 bits per heavy atom. The lowest BCUT2D eigenvalue weighted by atomic mass is 10.1. The van der Waals surface area contributed by atoms with E-state index in [2.05, 4.69) is 25.9 Å². The highest BCUT2D eigenvalue weighted by molar-refractivity contribution is 7.19. The number of carbonyl (C=O) groups excluding carboxylic acids is 2. The smallest absolute Gasteiger partial charge is 0.373 e. The number of thiazole rings is 1. The van der Waals surface area contributed by atoms with E-state index >= 15 is 0 Å². The van der Waals surface area contributed by atoms with E-state index in [4.69, 9.17) is 0 Å². The summed E-state index contributed by atoms with van der Waals surface area (Å²) in [5, 5.41) is 14.4. The quantitative estimate of drug-likeness (QED) is 0.250. The molecule has 5 rings (SSSR count). The Bertz CT molecular complexity index is 1640. The second-order valence-corrected chi connectivity index (χ2v) is 11.8. The third-order valence-corrected chi connectivity index (χ3v) is 7.91. The fourth-order valence-corrected chi connectivity index (χ4v) is 5.01. The zero-order valence-electron chi connectivity index (χ0n) is 24.1. The van der Waals surface area contributed by atoms with Gasteiger partial charge >= 0.3 is 6.18 Å². The number of carbonyl (C=O) groups is 2. The van der Waals surface area contributed by atoms with E-state index in [1.54, 1.807) is 42.5 Å². The molecule has 2 heterocycles. The first-order chi connectivity index (χ1) is 20.4. The fourth-order valence-electron chi connectivity index (χ4n) is 4.24. The second kappa shape index (κ2) is 12.1. The Morgan fingerprint density at radius 2 is 1.84 bits per heavy atom. The molecular weight excluding hydrogens is 581 g/mol. The number of hydrogen-bond acceptors (Lipinski definition) is 8. The number of amides is 2. The molecule has 2 aromatic carbocycles. The summed E-state index contributed by atoms with van der Waals surface area (Å²) in [6, 6.07) is 8.46. The number of halogens is 3. The topological polar surface area (TPSA) is 108 Å². The summed E-state index contributed by atoms with van der Waals surface area (Å²) in [7, 11) is 5.48. The van der Waals surface area contributed by atoms with Crippen LogP contribution in [0.2, 0.25) is 0 Å². The molecular formula is C29H31F3N8O2S. The molecule has 4 aromatic rings. The van der Waals surface area contributed by atoms with E-state index in [0.29, 0.717) is 40.2 Å². The van der Waals surface area contributed by atoms with E-state index in [-0.39, 0.29) is 23.1 Å². The van der Waals surface area contributed by atoms with Crippen molar-refractivity contribution in [1.29, 1.82) is 0 Å². The van der Waals surface area contributed by atoms with E-state index in [1.807, 2.05) is 25.9 Å². The molecule has 0 unspecified atom stereocenters. The van der Waals surface area contributed by atoms with Crippen molar-refractivity contribution in [3.8, 4) is 16.3 Å². The summed E-state index contributed by atoms with van der Waals surface area (Å²) in [6.07, 6.45) is 0.502. The van der Waals surface area contributed by atoms with Crippen LogP contribution in [0.4, 0.5) is 29.7 Å². The molecule has 0 spiro atoms. The van der Waals surface area contributed by atoms with Crippen molar-refractivity contribution in [3.05, 3.63) is 65.5 Å². The summed E-state index contributed by atoms with van der Waals surface area (Å²) in [4.78, 5) is 33.9. The van der Waals surface area contributed by atoms with Crippen LogP contribution in [0.15, 0.2) is 48.8 Å². The minimum atomic E-state index is -4.58. The number of benzene rings is 2. The molecule has 0 radical (unpaired) electrons. The molecule has 43 heavy (non-hydrogen) atoms. The van der Waals surface area contributed by atoms with Crippen LogP contribution in [0.3, 0.4) is 0 Å². The normalized spacial score (nSPS) is 13.3. The van der Waals surface area contributed by atoms with Crippen molar-refractivity contribution in [1.82, 2.24) is 24.9 Å². The molecule has 226 valence electrons. The Hall–Kier alpha value is -4.30. The lowest BCUT2D eigenvalue weighted by Gasteiger charge is -2.23. The van der Waals surface area contributed by atoms with Gasteiger partial charge < -0.3 is 20.4 Å². The van der Waals surface area contributed by atoms with Gasteiger partial charge in [-0.05, 0) is 69.8 Å². The van der Waals surface area contributed by atoms with Crippen molar-refractivity contribution < 1.29 is 22.8 Å². The van der Waals surface area contributed by atoms with E-state index in [1.165, 1.54) is 22.1 Å². The number of nitrogens with zero attached hydrogens (tertiary/aromatic N) is 6. The molecule has 1 saturated carbocycles. The number of hydrogen-bond donors (Lipinski definition) is 2. The zero-order chi connectivity index (χ0) is 30.9. The number of nitrogens with one attached hydrogen (secondary N) is 2. The van der Waals surface area contributed by atoms with Gasteiger partial charge in [-0.3, -0.25) is 9.59 Å². The highest BCUT2D eigenvalue weighted by Gasteiger charge is 2.32. The maximum absolute atomic E-state index is 13.7. The lowest BCUT2D eigenvalue weighted by Crippen LogP contribution is -2.28. The molecule has 2 N–H and O–H groups in total. The summed E-state index contributed by atoms with van der Waals surface area (Å²) >= 11 is 1.28. The predicted molar refractivity (Wildman–Crippen MR) is 160 cm³/mol. The average Bonchev–Trinajstić information content (AvgIpc) is 3.52. The molecule has 0 bridgehead atoms. The van der Waals surface area contributed by atoms with Crippen LogP contribution in [-0.2, 0) is 11.0 Å². The van der Waals surface area contributed by atoms with Gasteiger partial charge in [0.25, 0.3) is 5.91 Å². The summed E-state index contributed by atoms with van der Waals surface area (Å²) in [6.45, 7) is 2.99. The van der Waals surface area contributed by atoms with Crippen molar-refractivity contribution >= 4 is 39.7 Å². The first kappa shape index (κ1) is 30.2. The third kappa shape index (κ3) is 7.38. The second-order valence-electron chi connectivity index (χ2n) is 10.8. The Morgan fingerprint density at radius 3 is 2.53 bits per heavy atom. The van der Waals surface area contributed by atoms with Crippen LogP contribution >= 0.6 is 11.3 Å². The number of aryl methyl sites for hydroxylation is 1. The number of alkyl halides is 3. The van der Waals surface area contributed by atoms with Crippen LogP contribution in [0, 0.1) is 12.8 Å². The predicted octanol–water partition coefficient (Wildman–Crippen LogP) is 5.32. The van der Waals surface area contributed by atoms with Crippen molar-refractivity contribution in [2.24, 2.45) is 5.92 Å². The van der Waals surface area contributed by atoms with Crippen LogP contribution in [0.5, 0.6) is 0 Å². The molecule has 1 fully saturated rings. The van der Waals surface area contributed by atoms with Gasteiger partial charge in [-0.15, -0.1) is 5.10 Å². The van der Waals surface area contributed by atoms with Gasteiger partial charge in [-0.2, -0.15) is 13.2 Å². The van der Waals surface area contributed by atoms with Crippen molar-refractivity contribution in [2.45, 2.75) is 25.9 Å². The highest BCUT2D eigenvalue weighted by atomic mass is 32.1. The number of rotatable bonds is 10.